The molecule has 0 aliphatic rings. The van der Waals surface area contributed by atoms with Gasteiger partial charge >= 0.3 is 5.97 Å². The molecule has 0 atom stereocenters. The minimum Gasteiger partial charge on any atom is -0.468 e. The van der Waals surface area contributed by atoms with Crippen LogP contribution in [0.3, 0.4) is 0 Å². The van der Waals surface area contributed by atoms with Gasteiger partial charge in [0, 0.05) is 7.05 Å². The molecule has 0 rings (SSSR count). The molecule has 0 aliphatic carbocycles. The highest BCUT2D eigenvalue weighted by molar-refractivity contribution is 7.89. The van der Waals surface area contributed by atoms with Gasteiger partial charge in [0.05, 0.1) is 12.4 Å². The molecule has 78 valence electrons. The van der Waals surface area contributed by atoms with Gasteiger partial charge in [0.2, 0.25) is 10.0 Å². The van der Waals surface area contributed by atoms with Gasteiger partial charge in [0.15, 0.2) is 0 Å². The van der Waals surface area contributed by atoms with E-state index in [1.54, 1.807) is 13.8 Å². The van der Waals surface area contributed by atoms with Crippen LogP contribution in [0.4, 0.5) is 0 Å². The number of likely N-dealkylation sites (N-methyl/N-ethyl adjacent to an activating group) is 1. The van der Waals surface area contributed by atoms with E-state index < -0.39 is 21.2 Å². The molecule has 0 bridgehead atoms. The maximum atomic E-state index is 11.4. The second kappa shape index (κ2) is 4.57. The molecular weight excluding hydrogens is 194 g/mol. The van der Waals surface area contributed by atoms with E-state index in [0.717, 1.165) is 4.31 Å². The number of sulfonamides is 1. The second-order valence-electron chi connectivity index (χ2n) is 2.93. The summed E-state index contributed by atoms with van der Waals surface area (Å²) in [4.78, 5) is 10.8. The van der Waals surface area contributed by atoms with Gasteiger partial charge in [-0.05, 0) is 13.8 Å². The summed E-state index contributed by atoms with van der Waals surface area (Å²) in [6.45, 7) is 2.88. The fraction of sp³-hybridized carbons (Fsp3) is 0.857. The molecule has 0 aromatic heterocycles. The average molecular weight is 209 g/mol. The Labute approximate surface area is 78.7 Å². The van der Waals surface area contributed by atoms with Gasteiger partial charge in [0.1, 0.15) is 6.54 Å². The molecule has 0 heterocycles. The fourth-order valence-corrected chi connectivity index (χ4v) is 1.70. The zero-order valence-corrected chi connectivity index (χ0v) is 9.09. The maximum Gasteiger partial charge on any atom is 0.320 e. The van der Waals surface area contributed by atoms with Crippen LogP contribution in [0.1, 0.15) is 13.8 Å². The number of hydrogen-bond donors (Lipinski definition) is 0. The van der Waals surface area contributed by atoms with Crippen LogP contribution in [0.25, 0.3) is 0 Å². The van der Waals surface area contributed by atoms with Crippen LogP contribution in [0.2, 0.25) is 0 Å². The smallest absolute Gasteiger partial charge is 0.320 e. The van der Waals surface area contributed by atoms with Crippen LogP contribution in [0.5, 0.6) is 0 Å². The maximum absolute atomic E-state index is 11.4. The molecule has 0 saturated heterocycles. The van der Waals surface area contributed by atoms with Gasteiger partial charge in [-0.15, -0.1) is 0 Å². The first kappa shape index (κ1) is 12.4. The van der Waals surface area contributed by atoms with E-state index in [9.17, 15) is 13.2 Å². The molecule has 0 aromatic rings. The summed E-state index contributed by atoms with van der Waals surface area (Å²) >= 11 is 0. The summed E-state index contributed by atoms with van der Waals surface area (Å²) in [6, 6.07) is 0. The van der Waals surface area contributed by atoms with Crippen LogP contribution >= 0.6 is 0 Å². The Morgan fingerprint density at radius 3 is 2.23 bits per heavy atom. The molecule has 0 spiro atoms. The van der Waals surface area contributed by atoms with Crippen LogP contribution in [-0.2, 0) is 19.6 Å². The van der Waals surface area contributed by atoms with Crippen LogP contribution in [-0.4, -0.2) is 44.6 Å². The minimum atomic E-state index is -3.35. The Balaban J connectivity index is 4.44. The van der Waals surface area contributed by atoms with Gasteiger partial charge in [-0.2, -0.15) is 4.31 Å². The fourth-order valence-electron chi connectivity index (χ4n) is 0.696. The first-order valence-electron chi connectivity index (χ1n) is 3.84. The molecule has 13 heavy (non-hydrogen) atoms. The van der Waals surface area contributed by atoms with E-state index in [0.29, 0.717) is 0 Å². The number of carbonyl (C=O) groups is 1. The number of methoxy groups -OCH3 is 1. The molecule has 0 aliphatic heterocycles. The Morgan fingerprint density at radius 2 is 1.92 bits per heavy atom. The van der Waals surface area contributed by atoms with Gasteiger partial charge in [-0.1, -0.05) is 0 Å². The lowest BCUT2D eigenvalue weighted by Gasteiger charge is -2.17. The minimum absolute atomic E-state index is 0.239. The quantitative estimate of drug-likeness (QED) is 0.603. The van der Waals surface area contributed by atoms with E-state index in [4.69, 9.17) is 0 Å². The Morgan fingerprint density at radius 1 is 1.46 bits per heavy atom. The van der Waals surface area contributed by atoms with Crippen molar-refractivity contribution in [2.75, 3.05) is 20.7 Å². The van der Waals surface area contributed by atoms with Gasteiger partial charge < -0.3 is 4.74 Å². The number of nitrogens with zero attached hydrogens (tertiary/aromatic N) is 1. The molecular formula is C7H15NO4S. The lowest BCUT2D eigenvalue weighted by molar-refractivity contribution is -0.140. The monoisotopic (exact) mass is 209 g/mol. The molecule has 0 amide bonds. The third-order valence-corrected chi connectivity index (χ3v) is 3.80. The molecule has 0 N–H and O–H groups in total. The number of hydrogen-bond acceptors (Lipinski definition) is 4. The Kier molecular flexibility index (Phi) is 4.35. The van der Waals surface area contributed by atoms with Crippen molar-refractivity contribution < 1.29 is 17.9 Å². The molecule has 0 unspecified atom stereocenters. The third-order valence-electron chi connectivity index (χ3n) is 1.61. The van der Waals surface area contributed by atoms with Crippen molar-refractivity contribution in [2.45, 2.75) is 19.1 Å². The molecule has 0 saturated carbocycles. The van der Waals surface area contributed by atoms with Crippen molar-refractivity contribution in [3.8, 4) is 0 Å². The number of ether oxygens (including phenoxy) is 1. The van der Waals surface area contributed by atoms with E-state index in [1.165, 1.54) is 14.2 Å². The van der Waals surface area contributed by atoms with Crippen molar-refractivity contribution in [3.05, 3.63) is 0 Å². The van der Waals surface area contributed by atoms with E-state index in [1.807, 2.05) is 0 Å². The zero-order chi connectivity index (χ0) is 10.6. The SMILES string of the molecule is COC(=O)CN(C)S(=O)(=O)C(C)C. The molecule has 0 aromatic carbocycles. The highest BCUT2D eigenvalue weighted by Crippen LogP contribution is 2.05. The number of carbonyl (C=O) groups excluding carboxylic acids is 1. The largest absolute Gasteiger partial charge is 0.468 e. The first-order chi connectivity index (χ1) is 5.82. The topological polar surface area (TPSA) is 63.7 Å². The number of esters is 1. The van der Waals surface area contributed by atoms with Crippen LogP contribution < -0.4 is 0 Å². The van der Waals surface area contributed by atoms with Crippen molar-refractivity contribution in [1.82, 2.24) is 4.31 Å². The summed E-state index contributed by atoms with van der Waals surface area (Å²) in [5.74, 6) is -0.563. The van der Waals surface area contributed by atoms with E-state index >= 15 is 0 Å². The molecule has 0 fully saturated rings. The number of rotatable bonds is 4. The van der Waals surface area contributed by atoms with Gasteiger partial charge in [-0.3, -0.25) is 4.79 Å². The molecule has 0 radical (unpaired) electrons. The zero-order valence-electron chi connectivity index (χ0n) is 8.27. The Bertz CT molecular complexity index is 270. The van der Waals surface area contributed by atoms with Gasteiger partial charge in [-0.25, -0.2) is 8.42 Å². The first-order valence-corrected chi connectivity index (χ1v) is 5.34. The van der Waals surface area contributed by atoms with Crippen molar-refractivity contribution >= 4 is 16.0 Å². The summed E-state index contributed by atoms with van der Waals surface area (Å²) in [5.41, 5.74) is 0. The Hall–Kier alpha value is -0.620. The van der Waals surface area contributed by atoms with Crippen LogP contribution in [0.15, 0.2) is 0 Å². The van der Waals surface area contributed by atoms with Crippen molar-refractivity contribution in [1.29, 1.82) is 0 Å². The molecule has 6 heteroatoms. The summed E-state index contributed by atoms with van der Waals surface area (Å²) < 4.78 is 28.1. The summed E-state index contributed by atoms with van der Waals surface area (Å²) in [7, 11) is -0.776. The highest BCUT2D eigenvalue weighted by Gasteiger charge is 2.24. The van der Waals surface area contributed by atoms with E-state index in [-0.39, 0.29) is 6.54 Å². The van der Waals surface area contributed by atoms with Crippen molar-refractivity contribution in [3.63, 3.8) is 0 Å². The average Bonchev–Trinajstić information content (AvgIpc) is 2.03. The summed E-state index contributed by atoms with van der Waals surface area (Å²) in [5, 5.41) is -0.526. The van der Waals surface area contributed by atoms with Crippen LogP contribution in [0, 0.1) is 0 Å². The lowest BCUT2D eigenvalue weighted by Crippen LogP contribution is -2.37. The predicted molar refractivity (Wildman–Crippen MR) is 48.7 cm³/mol. The lowest BCUT2D eigenvalue weighted by atomic mass is 10.6. The molecule has 5 nitrogen and oxygen atoms in total. The van der Waals surface area contributed by atoms with Gasteiger partial charge in [0.25, 0.3) is 0 Å². The normalized spacial score (nSPS) is 12.2. The third kappa shape index (κ3) is 3.31. The second-order valence-corrected chi connectivity index (χ2v) is 5.52. The van der Waals surface area contributed by atoms with E-state index in [2.05, 4.69) is 4.74 Å². The predicted octanol–water partition coefficient (Wildman–Crippen LogP) is -0.171. The highest BCUT2D eigenvalue weighted by atomic mass is 32.2. The standard InChI is InChI=1S/C7H15NO4S/c1-6(2)13(10,11)8(3)5-7(9)12-4/h6H,5H2,1-4H3. The van der Waals surface area contributed by atoms with Crippen molar-refractivity contribution in [2.24, 2.45) is 0 Å². The summed E-state index contributed by atoms with van der Waals surface area (Å²) in [6.07, 6.45) is 0.